The molecule has 0 aliphatic heterocycles. The normalized spacial score (nSPS) is 11.5. The van der Waals surface area contributed by atoms with E-state index in [-0.39, 0.29) is 11.3 Å². The van der Waals surface area contributed by atoms with E-state index >= 15 is 0 Å². The van der Waals surface area contributed by atoms with Gasteiger partial charge in [0.05, 0.1) is 11.5 Å². The SMILES string of the molecule is Cc1ccc(NC(=O)CSCc2nc(C(C)(C)C)no2)c(C)c1. The topological polar surface area (TPSA) is 68.0 Å². The monoisotopic (exact) mass is 333 g/mol. The molecule has 1 heterocycles. The van der Waals surface area contributed by atoms with Crippen LogP contribution in [0.2, 0.25) is 0 Å². The molecule has 1 aromatic carbocycles. The van der Waals surface area contributed by atoms with Crippen molar-refractivity contribution in [1.82, 2.24) is 10.1 Å². The lowest BCUT2D eigenvalue weighted by molar-refractivity contribution is -0.113. The summed E-state index contributed by atoms with van der Waals surface area (Å²) in [6.07, 6.45) is 0. The van der Waals surface area contributed by atoms with Gasteiger partial charge in [-0.3, -0.25) is 4.79 Å². The first-order chi connectivity index (χ1) is 10.8. The summed E-state index contributed by atoms with van der Waals surface area (Å²) in [7, 11) is 0. The van der Waals surface area contributed by atoms with Crippen molar-refractivity contribution in [1.29, 1.82) is 0 Å². The van der Waals surface area contributed by atoms with Crippen LogP contribution < -0.4 is 5.32 Å². The molecule has 0 saturated heterocycles. The van der Waals surface area contributed by atoms with Crippen LogP contribution in [0.4, 0.5) is 5.69 Å². The van der Waals surface area contributed by atoms with E-state index in [2.05, 4.69) is 21.5 Å². The number of carbonyl (C=O) groups is 1. The third-order valence-electron chi connectivity index (χ3n) is 3.25. The number of nitrogens with one attached hydrogen (secondary N) is 1. The summed E-state index contributed by atoms with van der Waals surface area (Å²) in [6.45, 7) is 10.1. The molecule has 1 N–H and O–H groups in total. The molecule has 5 nitrogen and oxygen atoms in total. The highest BCUT2D eigenvalue weighted by molar-refractivity contribution is 7.99. The van der Waals surface area contributed by atoms with Gasteiger partial charge in [0, 0.05) is 11.1 Å². The van der Waals surface area contributed by atoms with Crippen LogP contribution in [0, 0.1) is 13.8 Å². The molecule has 6 heteroatoms. The maximum atomic E-state index is 12.0. The number of benzene rings is 1. The van der Waals surface area contributed by atoms with E-state index in [0.29, 0.717) is 23.2 Å². The second-order valence-electron chi connectivity index (χ2n) is 6.62. The van der Waals surface area contributed by atoms with Crippen molar-refractivity contribution in [3.8, 4) is 0 Å². The summed E-state index contributed by atoms with van der Waals surface area (Å²) in [5.41, 5.74) is 2.97. The molecule has 124 valence electrons. The highest BCUT2D eigenvalue weighted by Gasteiger charge is 2.20. The number of aryl methyl sites for hydroxylation is 2. The zero-order valence-electron chi connectivity index (χ0n) is 14.3. The van der Waals surface area contributed by atoms with Crippen molar-refractivity contribution < 1.29 is 9.32 Å². The lowest BCUT2D eigenvalue weighted by Gasteiger charge is -2.10. The predicted molar refractivity (Wildman–Crippen MR) is 93.7 cm³/mol. The van der Waals surface area contributed by atoms with Gasteiger partial charge in [0.25, 0.3) is 0 Å². The molecule has 2 aromatic rings. The molecule has 1 aromatic heterocycles. The Kier molecular flexibility index (Phi) is 5.46. The van der Waals surface area contributed by atoms with Crippen LogP contribution in [0.3, 0.4) is 0 Å². The first kappa shape index (κ1) is 17.5. The molecule has 0 radical (unpaired) electrons. The van der Waals surface area contributed by atoms with Gasteiger partial charge in [0.1, 0.15) is 0 Å². The molecule has 2 rings (SSSR count). The van der Waals surface area contributed by atoms with E-state index in [9.17, 15) is 4.79 Å². The third-order valence-corrected chi connectivity index (χ3v) is 4.17. The Morgan fingerprint density at radius 3 is 2.65 bits per heavy atom. The minimum Gasteiger partial charge on any atom is -0.338 e. The number of hydrogen-bond acceptors (Lipinski definition) is 5. The Morgan fingerprint density at radius 1 is 1.30 bits per heavy atom. The Labute approximate surface area is 141 Å². The number of aromatic nitrogens is 2. The van der Waals surface area contributed by atoms with Gasteiger partial charge in [0.15, 0.2) is 5.82 Å². The lowest BCUT2D eigenvalue weighted by Crippen LogP contribution is -2.15. The lowest BCUT2D eigenvalue weighted by atomic mass is 9.96. The molecule has 0 spiro atoms. The van der Waals surface area contributed by atoms with Gasteiger partial charge < -0.3 is 9.84 Å². The molecule has 1 amide bonds. The van der Waals surface area contributed by atoms with Crippen molar-refractivity contribution in [2.24, 2.45) is 0 Å². The van der Waals surface area contributed by atoms with Gasteiger partial charge in [-0.1, -0.05) is 43.6 Å². The fourth-order valence-corrected chi connectivity index (χ4v) is 2.64. The Morgan fingerprint density at radius 2 is 2.04 bits per heavy atom. The maximum absolute atomic E-state index is 12.0. The zero-order valence-corrected chi connectivity index (χ0v) is 15.1. The van der Waals surface area contributed by atoms with Gasteiger partial charge in [-0.15, -0.1) is 11.8 Å². The summed E-state index contributed by atoms with van der Waals surface area (Å²) in [5, 5.41) is 6.90. The van der Waals surface area contributed by atoms with Gasteiger partial charge in [-0.2, -0.15) is 4.98 Å². The minimum absolute atomic E-state index is 0.0301. The van der Waals surface area contributed by atoms with E-state index in [1.54, 1.807) is 0 Å². The maximum Gasteiger partial charge on any atom is 0.236 e. The molecule has 0 saturated carbocycles. The zero-order chi connectivity index (χ0) is 17.0. The summed E-state index contributed by atoms with van der Waals surface area (Å²) >= 11 is 1.46. The fraction of sp³-hybridized carbons (Fsp3) is 0.471. The summed E-state index contributed by atoms with van der Waals surface area (Å²) < 4.78 is 5.21. The average Bonchev–Trinajstić information content (AvgIpc) is 2.91. The number of hydrogen-bond donors (Lipinski definition) is 1. The first-order valence-corrected chi connectivity index (χ1v) is 8.69. The molecule has 0 unspecified atom stereocenters. The standard InChI is InChI=1S/C17H23N3O2S/c1-11-6-7-13(12(2)8-11)18-14(21)9-23-10-15-19-16(20-22-15)17(3,4)5/h6-8H,9-10H2,1-5H3,(H,18,21). The molecule has 0 aliphatic rings. The first-order valence-electron chi connectivity index (χ1n) is 7.53. The molecular weight excluding hydrogens is 310 g/mol. The van der Waals surface area contributed by atoms with E-state index in [4.69, 9.17) is 4.52 Å². The number of anilines is 1. The van der Waals surface area contributed by atoms with Crippen LogP contribution in [0.5, 0.6) is 0 Å². The second-order valence-corrected chi connectivity index (χ2v) is 7.61. The predicted octanol–water partition coefficient (Wildman–Crippen LogP) is 3.86. The summed E-state index contributed by atoms with van der Waals surface area (Å²) in [5.74, 6) is 2.09. The van der Waals surface area contributed by atoms with Gasteiger partial charge >= 0.3 is 0 Å². The highest BCUT2D eigenvalue weighted by Crippen LogP contribution is 2.20. The van der Waals surface area contributed by atoms with E-state index in [1.807, 2.05) is 46.8 Å². The van der Waals surface area contributed by atoms with Gasteiger partial charge in [0.2, 0.25) is 11.8 Å². The Hall–Kier alpha value is -1.82. The van der Waals surface area contributed by atoms with Crippen molar-refractivity contribution in [2.45, 2.75) is 45.8 Å². The van der Waals surface area contributed by atoms with Crippen LogP contribution in [0.1, 0.15) is 43.6 Å². The number of amides is 1. The Bertz CT molecular complexity index is 689. The molecule has 0 bridgehead atoms. The summed E-state index contributed by atoms with van der Waals surface area (Å²) in [6, 6.07) is 5.97. The van der Waals surface area contributed by atoms with E-state index in [0.717, 1.165) is 11.3 Å². The van der Waals surface area contributed by atoms with Gasteiger partial charge in [-0.05, 0) is 25.5 Å². The summed E-state index contributed by atoms with van der Waals surface area (Å²) in [4.78, 5) is 16.4. The minimum atomic E-state index is -0.132. The van der Waals surface area contributed by atoms with E-state index in [1.165, 1.54) is 17.3 Å². The van der Waals surface area contributed by atoms with Crippen LogP contribution >= 0.6 is 11.8 Å². The van der Waals surface area contributed by atoms with Gasteiger partial charge in [-0.25, -0.2) is 0 Å². The second kappa shape index (κ2) is 7.17. The number of nitrogens with zero attached hydrogens (tertiary/aromatic N) is 2. The van der Waals surface area contributed by atoms with E-state index < -0.39 is 0 Å². The third kappa shape index (κ3) is 5.10. The van der Waals surface area contributed by atoms with Crippen molar-refractivity contribution in [3.05, 3.63) is 41.0 Å². The quantitative estimate of drug-likeness (QED) is 0.900. The molecular formula is C17H23N3O2S. The molecule has 0 aliphatic carbocycles. The van der Waals surface area contributed by atoms with Crippen molar-refractivity contribution in [2.75, 3.05) is 11.1 Å². The number of thioether (sulfide) groups is 1. The smallest absolute Gasteiger partial charge is 0.236 e. The van der Waals surface area contributed by atoms with Crippen LogP contribution in [-0.2, 0) is 16.0 Å². The van der Waals surface area contributed by atoms with Crippen LogP contribution in [0.15, 0.2) is 22.7 Å². The average molecular weight is 333 g/mol. The van der Waals surface area contributed by atoms with Crippen molar-refractivity contribution >= 4 is 23.4 Å². The molecule has 0 atom stereocenters. The highest BCUT2D eigenvalue weighted by atomic mass is 32.2. The van der Waals surface area contributed by atoms with Crippen LogP contribution in [-0.4, -0.2) is 21.8 Å². The fourth-order valence-electron chi connectivity index (χ4n) is 1.99. The molecule has 23 heavy (non-hydrogen) atoms. The molecule has 0 fully saturated rings. The Balaban J connectivity index is 1.82. The van der Waals surface area contributed by atoms with Crippen molar-refractivity contribution in [3.63, 3.8) is 0 Å². The largest absolute Gasteiger partial charge is 0.338 e. The van der Waals surface area contributed by atoms with Crippen LogP contribution in [0.25, 0.3) is 0 Å². The number of rotatable bonds is 5. The number of carbonyl (C=O) groups excluding carboxylic acids is 1.